The Morgan fingerprint density at radius 1 is 1.33 bits per heavy atom. The monoisotopic (exact) mass is 330 g/mol. The average Bonchev–Trinajstić information content (AvgIpc) is 3.36. The van der Waals surface area contributed by atoms with Gasteiger partial charge in [0, 0.05) is 38.9 Å². The Hall–Kier alpha value is -2.08. The van der Waals surface area contributed by atoms with Crippen LogP contribution in [0, 0.1) is 5.92 Å². The molecule has 1 unspecified atom stereocenters. The summed E-state index contributed by atoms with van der Waals surface area (Å²) in [4.78, 5) is 18.3. The van der Waals surface area contributed by atoms with E-state index in [1.807, 2.05) is 35.2 Å². The van der Waals surface area contributed by atoms with Gasteiger partial charge in [0.2, 0.25) is 5.91 Å². The number of anilines is 1. The van der Waals surface area contributed by atoms with Gasteiger partial charge in [-0.1, -0.05) is 18.2 Å². The number of benzene rings is 1. The van der Waals surface area contributed by atoms with Crippen molar-refractivity contribution >= 4 is 17.6 Å². The molecule has 1 aromatic rings. The van der Waals surface area contributed by atoms with E-state index >= 15 is 0 Å². The summed E-state index contributed by atoms with van der Waals surface area (Å²) in [5.41, 5.74) is 0.947. The van der Waals surface area contributed by atoms with Crippen LogP contribution in [0.4, 0.5) is 5.69 Å². The van der Waals surface area contributed by atoms with E-state index in [1.54, 1.807) is 7.05 Å². The molecule has 1 aliphatic carbocycles. The SMILES string of the molecule is CN=C(NCCOCC1CC1)NC1CC(=O)N(c2ccccc2)C1. The smallest absolute Gasteiger partial charge is 0.229 e. The summed E-state index contributed by atoms with van der Waals surface area (Å²) in [6.07, 6.45) is 3.10. The topological polar surface area (TPSA) is 66.0 Å². The number of carbonyl (C=O) groups excluding carboxylic acids is 1. The molecule has 2 aliphatic rings. The quantitative estimate of drug-likeness (QED) is 0.450. The van der Waals surface area contributed by atoms with Crippen LogP contribution in [0.2, 0.25) is 0 Å². The standard InChI is InChI=1S/C18H26N4O2/c1-19-18(20-9-10-24-13-14-7-8-14)21-15-11-17(23)22(12-15)16-5-3-2-4-6-16/h2-6,14-15H,7-13H2,1H3,(H2,19,20,21). The fraction of sp³-hybridized carbons (Fsp3) is 0.556. The van der Waals surface area contributed by atoms with Gasteiger partial charge < -0.3 is 20.3 Å². The van der Waals surface area contributed by atoms with Crippen LogP contribution in [0.1, 0.15) is 19.3 Å². The number of carbonyl (C=O) groups is 1. The molecule has 0 radical (unpaired) electrons. The lowest BCUT2D eigenvalue weighted by molar-refractivity contribution is -0.117. The molecular weight excluding hydrogens is 304 g/mol. The summed E-state index contributed by atoms with van der Waals surface area (Å²) >= 11 is 0. The van der Waals surface area contributed by atoms with Crippen LogP contribution in [0.15, 0.2) is 35.3 Å². The molecule has 24 heavy (non-hydrogen) atoms. The van der Waals surface area contributed by atoms with Gasteiger partial charge in [-0.25, -0.2) is 0 Å². The lowest BCUT2D eigenvalue weighted by atomic mass is 10.2. The van der Waals surface area contributed by atoms with E-state index in [0.717, 1.165) is 30.7 Å². The molecule has 0 aromatic heterocycles. The number of amides is 1. The average molecular weight is 330 g/mol. The Morgan fingerprint density at radius 3 is 2.83 bits per heavy atom. The van der Waals surface area contributed by atoms with Crippen molar-refractivity contribution in [3.8, 4) is 0 Å². The Kier molecular flexibility index (Phi) is 5.69. The van der Waals surface area contributed by atoms with Crippen LogP contribution in [-0.2, 0) is 9.53 Å². The summed E-state index contributed by atoms with van der Waals surface area (Å²) < 4.78 is 5.61. The van der Waals surface area contributed by atoms with Gasteiger partial charge >= 0.3 is 0 Å². The maximum absolute atomic E-state index is 12.2. The maximum Gasteiger partial charge on any atom is 0.229 e. The summed E-state index contributed by atoms with van der Waals surface area (Å²) in [5.74, 6) is 1.65. The summed E-state index contributed by atoms with van der Waals surface area (Å²) in [6, 6.07) is 9.85. The predicted molar refractivity (Wildman–Crippen MR) is 95.2 cm³/mol. The largest absolute Gasteiger partial charge is 0.379 e. The number of hydrogen-bond acceptors (Lipinski definition) is 3. The molecule has 1 heterocycles. The first-order valence-electron chi connectivity index (χ1n) is 8.66. The highest BCUT2D eigenvalue weighted by Crippen LogP contribution is 2.28. The van der Waals surface area contributed by atoms with Gasteiger partial charge in [-0.2, -0.15) is 0 Å². The molecule has 6 nitrogen and oxygen atoms in total. The third kappa shape index (κ3) is 4.71. The van der Waals surface area contributed by atoms with E-state index in [4.69, 9.17) is 4.74 Å². The van der Waals surface area contributed by atoms with Crippen LogP contribution in [0.3, 0.4) is 0 Å². The fourth-order valence-electron chi connectivity index (χ4n) is 2.83. The van der Waals surface area contributed by atoms with Crippen molar-refractivity contribution in [1.82, 2.24) is 10.6 Å². The zero-order valence-corrected chi connectivity index (χ0v) is 14.2. The van der Waals surface area contributed by atoms with Crippen molar-refractivity contribution in [2.75, 3.05) is 38.3 Å². The maximum atomic E-state index is 12.2. The number of para-hydroxylation sites is 1. The van der Waals surface area contributed by atoms with Crippen LogP contribution >= 0.6 is 0 Å². The molecule has 2 fully saturated rings. The number of ether oxygens (including phenoxy) is 1. The van der Waals surface area contributed by atoms with Gasteiger partial charge in [-0.05, 0) is 30.9 Å². The van der Waals surface area contributed by atoms with Gasteiger partial charge in [-0.3, -0.25) is 9.79 Å². The first kappa shape index (κ1) is 16.8. The highest BCUT2D eigenvalue weighted by molar-refractivity contribution is 5.97. The van der Waals surface area contributed by atoms with Gasteiger partial charge in [0.05, 0.1) is 12.6 Å². The molecule has 1 aliphatic heterocycles. The van der Waals surface area contributed by atoms with Crippen molar-refractivity contribution in [2.45, 2.75) is 25.3 Å². The van der Waals surface area contributed by atoms with E-state index < -0.39 is 0 Å². The van der Waals surface area contributed by atoms with Crippen molar-refractivity contribution in [3.63, 3.8) is 0 Å². The highest BCUT2D eigenvalue weighted by atomic mass is 16.5. The summed E-state index contributed by atoms with van der Waals surface area (Å²) in [7, 11) is 1.74. The molecule has 1 amide bonds. The fourth-order valence-corrected chi connectivity index (χ4v) is 2.83. The Balaban J connectivity index is 1.41. The molecule has 3 rings (SSSR count). The van der Waals surface area contributed by atoms with Crippen molar-refractivity contribution in [3.05, 3.63) is 30.3 Å². The van der Waals surface area contributed by atoms with Crippen LogP contribution < -0.4 is 15.5 Å². The van der Waals surface area contributed by atoms with Gasteiger partial charge in [-0.15, -0.1) is 0 Å². The van der Waals surface area contributed by atoms with E-state index in [1.165, 1.54) is 12.8 Å². The molecule has 130 valence electrons. The second-order valence-electron chi connectivity index (χ2n) is 6.40. The minimum atomic E-state index is 0.0660. The van der Waals surface area contributed by atoms with E-state index in [2.05, 4.69) is 15.6 Å². The highest BCUT2D eigenvalue weighted by Gasteiger charge is 2.31. The zero-order valence-electron chi connectivity index (χ0n) is 14.2. The minimum Gasteiger partial charge on any atom is -0.379 e. The molecule has 1 atom stereocenters. The van der Waals surface area contributed by atoms with Crippen LogP contribution in [0.25, 0.3) is 0 Å². The summed E-state index contributed by atoms with van der Waals surface area (Å²) in [5, 5.41) is 6.57. The van der Waals surface area contributed by atoms with Crippen molar-refractivity contribution in [1.29, 1.82) is 0 Å². The number of rotatable bonds is 7. The van der Waals surface area contributed by atoms with Crippen LogP contribution in [0.5, 0.6) is 0 Å². The molecule has 1 aromatic carbocycles. The van der Waals surface area contributed by atoms with Gasteiger partial charge in [0.15, 0.2) is 5.96 Å². The lowest BCUT2D eigenvalue weighted by Crippen LogP contribution is -2.45. The normalized spacial score (nSPS) is 21.2. The molecule has 6 heteroatoms. The van der Waals surface area contributed by atoms with E-state index in [-0.39, 0.29) is 11.9 Å². The van der Waals surface area contributed by atoms with Crippen molar-refractivity contribution in [2.24, 2.45) is 10.9 Å². The van der Waals surface area contributed by atoms with Gasteiger partial charge in [0.25, 0.3) is 0 Å². The minimum absolute atomic E-state index is 0.0660. The number of nitrogens with one attached hydrogen (secondary N) is 2. The molecule has 1 saturated carbocycles. The molecule has 0 bridgehead atoms. The summed E-state index contributed by atoms with van der Waals surface area (Å²) in [6.45, 7) is 2.92. The predicted octanol–water partition coefficient (Wildman–Crippen LogP) is 1.38. The Bertz CT molecular complexity index is 572. The second kappa shape index (κ2) is 8.15. The first-order chi connectivity index (χ1) is 11.8. The third-order valence-electron chi connectivity index (χ3n) is 4.35. The Labute approximate surface area is 143 Å². The number of aliphatic imine (C=N–C) groups is 1. The van der Waals surface area contributed by atoms with Crippen LogP contribution in [-0.4, -0.2) is 51.3 Å². The van der Waals surface area contributed by atoms with Gasteiger partial charge in [0.1, 0.15) is 0 Å². The molecule has 0 spiro atoms. The lowest BCUT2D eigenvalue weighted by Gasteiger charge is -2.19. The van der Waals surface area contributed by atoms with Crippen molar-refractivity contribution < 1.29 is 9.53 Å². The third-order valence-corrected chi connectivity index (χ3v) is 4.35. The zero-order chi connectivity index (χ0) is 16.8. The molecular formula is C18H26N4O2. The molecule has 1 saturated heterocycles. The van der Waals surface area contributed by atoms with E-state index in [0.29, 0.717) is 19.6 Å². The molecule has 2 N–H and O–H groups in total. The number of nitrogens with zero attached hydrogens (tertiary/aromatic N) is 2. The number of guanidine groups is 1. The number of hydrogen-bond donors (Lipinski definition) is 2. The first-order valence-corrected chi connectivity index (χ1v) is 8.66. The Morgan fingerprint density at radius 2 is 2.12 bits per heavy atom. The van der Waals surface area contributed by atoms with E-state index in [9.17, 15) is 4.79 Å². The second-order valence-corrected chi connectivity index (χ2v) is 6.40.